The summed E-state index contributed by atoms with van der Waals surface area (Å²) in [6.45, 7) is 3.90. The van der Waals surface area contributed by atoms with Gasteiger partial charge in [0.05, 0.1) is 12.6 Å². The van der Waals surface area contributed by atoms with Gasteiger partial charge in [0.25, 0.3) is 0 Å². The fourth-order valence-corrected chi connectivity index (χ4v) is 4.06. The molecule has 3 N–H and O–H groups in total. The van der Waals surface area contributed by atoms with Crippen LogP contribution in [0.1, 0.15) is 31.4 Å². The van der Waals surface area contributed by atoms with Gasteiger partial charge in [-0.05, 0) is 42.0 Å². The second kappa shape index (κ2) is 9.76. The molecule has 6 heteroatoms. The van der Waals surface area contributed by atoms with E-state index in [0.717, 1.165) is 16.8 Å². The number of hydrogen-bond acceptors (Lipinski definition) is 4. The fraction of sp³-hybridized carbons (Fsp3) is 0.417. The summed E-state index contributed by atoms with van der Waals surface area (Å²) >= 11 is 0. The van der Waals surface area contributed by atoms with Crippen molar-refractivity contribution >= 4 is 23.2 Å². The number of amides is 2. The molecule has 0 radical (unpaired) electrons. The first kappa shape index (κ1) is 21.8. The Hall–Kier alpha value is -2.86. The lowest BCUT2D eigenvalue weighted by Gasteiger charge is -2.37. The molecule has 0 fully saturated rings. The molecule has 3 rings (SSSR count). The van der Waals surface area contributed by atoms with Crippen molar-refractivity contribution in [3.8, 4) is 0 Å². The van der Waals surface area contributed by atoms with E-state index in [1.807, 2.05) is 74.3 Å². The average molecular weight is 410 g/mol. The summed E-state index contributed by atoms with van der Waals surface area (Å²) in [6.07, 6.45) is 1.63. The normalized spacial score (nSPS) is 19.0. The number of aryl methyl sites for hydroxylation is 1. The molecule has 30 heavy (non-hydrogen) atoms. The van der Waals surface area contributed by atoms with Crippen LogP contribution in [0, 0.1) is 5.92 Å². The molecule has 2 amide bonds. The van der Waals surface area contributed by atoms with Crippen LogP contribution in [0.2, 0.25) is 0 Å². The minimum Gasteiger partial charge on any atom is -0.394 e. The van der Waals surface area contributed by atoms with Gasteiger partial charge in [-0.2, -0.15) is 0 Å². The van der Waals surface area contributed by atoms with Crippen LogP contribution >= 0.6 is 0 Å². The minimum atomic E-state index is -0.359. The lowest BCUT2D eigenvalue weighted by molar-refractivity contribution is -0.124. The van der Waals surface area contributed by atoms with E-state index >= 15 is 0 Å². The predicted octanol–water partition coefficient (Wildman–Crippen LogP) is 2.75. The number of fused-ring (bicyclic) bond motifs is 1. The standard InChI is InChI=1S/C24H31N3O3/c1-16(2)23-24(30)26-20(15-28)13-18-10-11-19(14-21(18)27(23)3)25-22(29)12-9-17-7-5-4-6-8-17/h4-8,10-11,14,16,20,23,28H,9,12-13,15H2,1-3H3,(H,25,29)(H,26,30)/t20?,23-/m0/s1. The molecule has 160 valence electrons. The first-order valence-corrected chi connectivity index (χ1v) is 10.5. The Morgan fingerprint density at radius 2 is 1.97 bits per heavy atom. The maximum atomic E-state index is 12.7. The van der Waals surface area contributed by atoms with Gasteiger partial charge in [0, 0.05) is 24.8 Å². The molecular formula is C24H31N3O3. The maximum absolute atomic E-state index is 12.7. The number of benzene rings is 2. The van der Waals surface area contributed by atoms with Crippen molar-refractivity contribution in [3.05, 3.63) is 59.7 Å². The van der Waals surface area contributed by atoms with Crippen LogP contribution in [-0.4, -0.2) is 42.7 Å². The molecule has 0 aliphatic carbocycles. The van der Waals surface area contributed by atoms with Crippen LogP contribution in [0.25, 0.3) is 0 Å². The zero-order valence-electron chi connectivity index (χ0n) is 17.9. The quantitative estimate of drug-likeness (QED) is 0.685. The Morgan fingerprint density at radius 1 is 1.23 bits per heavy atom. The number of hydrogen-bond donors (Lipinski definition) is 3. The van der Waals surface area contributed by atoms with E-state index in [-0.39, 0.29) is 36.4 Å². The molecule has 2 aromatic carbocycles. The molecule has 6 nitrogen and oxygen atoms in total. The molecule has 0 bridgehead atoms. The van der Waals surface area contributed by atoms with Crippen molar-refractivity contribution < 1.29 is 14.7 Å². The number of likely N-dealkylation sites (N-methyl/N-ethyl adjacent to an activating group) is 1. The summed E-state index contributed by atoms with van der Waals surface area (Å²) < 4.78 is 0. The summed E-state index contributed by atoms with van der Waals surface area (Å²) in [6, 6.07) is 15.0. The topological polar surface area (TPSA) is 81.7 Å². The van der Waals surface area contributed by atoms with E-state index < -0.39 is 0 Å². The van der Waals surface area contributed by atoms with E-state index in [0.29, 0.717) is 24.9 Å². The molecule has 0 aromatic heterocycles. The van der Waals surface area contributed by atoms with Gasteiger partial charge < -0.3 is 20.6 Å². The molecule has 1 heterocycles. The van der Waals surface area contributed by atoms with E-state index in [2.05, 4.69) is 10.6 Å². The highest BCUT2D eigenvalue weighted by atomic mass is 16.3. The zero-order chi connectivity index (χ0) is 21.7. The van der Waals surface area contributed by atoms with Crippen molar-refractivity contribution in [2.45, 2.75) is 45.2 Å². The summed E-state index contributed by atoms with van der Waals surface area (Å²) in [4.78, 5) is 27.2. The Kier molecular flexibility index (Phi) is 7.11. The monoisotopic (exact) mass is 409 g/mol. The van der Waals surface area contributed by atoms with Crippen molar-refractivity contribution in [3.63, 3.8) is 0 Å². The summed E-state index contributed by atoms with van der Waals surface area (Å²) in [7, 11) is 1.91. The highest BCUT2D eigenvalue weighted by Crippen LogP contribution is 2.30. The van der Waals surface area contributed by atoms with Crippen molar-refractivity contribution in [2.24, 2.45) is 5.92 Å². The second-order valence-electron chi connectivity index (χ2n) is 8.27. The summed E-state index contributed by atoms with van der Waals surface area (Å²) in [5.41, 5.74) is 3.78. The number of rotatable bonds is 6. The van der Waals surface area contributed by atoms with Crippen LogP contribution < -0.4 is 15.5 Å². The minimum absolute atomic E-state index is 0.0429. The molecular weight excluding hydrogens is 378 g/mol. The SMILES string of the molecule is CC(C)[C@H]1C(=O)NC(CO)Cc2ccc(NC(=O)CCc3ccccc3)cc2N1C. The van der Waals surface area contributed by atoms with Gasteiger partial charge in [-0.25, -0.2) is 0 Å². The summed E-state index contributed by atoms with van der Waals surface area (Å²) in [5, 5.41) is 15.6. The van der Waals surface area contributed by atoms with Crippen molar-refractivity contribution in [1.82, 2.24) is 5.32 Å². The lowest BCUT2D eigenvalue weighted by atomic mass is 9.95. The molecule has 0 saturated heterocycles. The highest BCUT2D eigenvalue weighted by Gasteiger charge is 2.32. The Labute approximate surface area is 178 Å². The third-order valence-electron chi connectivity index (χ3n) is 5.58. The van der Waals surface area contributed by atoms with Gasteiger partial charge in [-0.15, -0.1) is 0 Å². The fourth-order valence-electron chi connectivity index (χ4n) is 4.06. The van der Waals surface area contributed by atoms with Crippen LogP contribution in [0.4, 0.5) is 11.4 Å². The third-order valence-corrected chi connectivity index (χ3v) is 5.58. The first-order valence-electron chi connectivity index (χ1n) is 10.5. The smallest absolute Gasteiger partial charge is 0.243 e. The number of aliphatic hydroxyl groups is 1. The summed E-state index contributed by atoms with van der Waals surface area (Å²) in [5.74, 6) is -0.0439. The molecule has 0 spiro atoms. The van der Waals surface area contributed by atoms with Crippen molar-refractivity contribution in [1.29, 1.82) is 0 Å². The van der Waals surface area contributed by atoms with E-state index in [1.165, 1.54) is 0 Å². The second-order valence-corrected chi connectivity index (χ2v) is 8.27. The van der Waals surface area contributed by atoms with Gasteiger partial charge in [0.2, 0.25) is 11.8 Å². The van der Waals surface area contributed by atoms with E-state index in [9.17, 15) is 14.7 Å². The van der Waals surface area contributed by atoms with Crippen LogP contribution in [0.3, 0.4) is 0 Å². The molecule has 0 saturated carbocycles. The lowest BCUT2D eigenvalue weighted by Crippen LogP contribution is -2.54. The van der Waals surface area contributed by atoms with Gasteiger partial charge in [-0.3, -0.25) is 9.59 Å². The highest BCUT2D eigenvalue weighted by molar-refractivity contribution is 5.92. The van der Waals surface area contributed by atoms with E-state index in [4.69, 9.17) is 0 Å². The van der Waals surface area contributed by atoms with Crippen LogP contribution in [0.5, 0.6) is 0 Å². The number of carbonyl (C=O) groups excluding carboxylic acids is 2. The zero-order valence-corrected chi connectivity index (χ0v) is 17.9. The van der Waals surface area contributed by atoms with Gasteiger partial charge in [0.15, 0.2) is 0 Å². The largest absolute Gasteiger partial charge is 0.394 e. The number of anilines is 2. The first-order chi connectivity index (χ1) is 14.4. The van der Waals surface area contributed by atoms with E-state index in [1.54, 1.807) is 0 Å². The maximum Gasteiger partial charge on any atom is 0.243 e. The average Bonchev–Trinajstić information content (AvgIpc) is 2.72. The molecule has 2 aromatic rings. The van der Waals surface area contributed by atoms with Crippen LogP contribution in [-0.2, 0) is 22.4 Å². The van der Waals surface area contributed by atoms with Gasteiger partial charge in [-0.1, -0.05) is 50.2 Å². The van der Waals surface area contributed by atoms with Gasteiger partial charge in [0.1, 0.15) is 6.04 Å². The molecule has 2 atom stereocenters. The predicted molar refractivity (Wildman–Crippen MR) is 120 cm³/mol. The molecule has 1 aliphatic rings. The number of aliphatic hydroxyl groups excluding tert-OH is 1. The number of nitrogens with one attached hydrogen (secondary N) is 2. The Balaban J connectivity index is 1.79. The third kappa shape index (κ3) is 5.19. The van der Waals surface area contributed by atoms with Crippen LogP contribution in [0.15, 0.2) is 48.5 Å². The van der Waals surface area contributed by atoms with Gasteiger partial charge >= 0.3 is 0 Å². The number of nitrogens with zero attached hydrogens (tertiary/aromatic N) is 1. The number of carbonyl (C=O) groups is 2. The van der Waals surface area contributed by atoms with Crippen molar-refractivity contribution in [2.75, 3.05) is 23.9 Å². The Morgan fingerprint density at radius 3 is 2.63 bits per heavy atom. The molecule has 1 aliphatic heterocycles. The Bertz CT molecular complexity index is 883. The molecule has 1 unspecified atom stereocenters.